The molecule has 0 amide bonds. The molecule has 17 heavy (non-hydrogen) atoms. The summed E-state index contributed by atoms with van der Waals surface area (Å²) in [6.07, 6.45) is 5.13. The molecule has 1 fully saturated rings. The normalized spacial score (nSPS) is 26.8. The van der Waals surface area contributed by atoms with Crippen molar-refractivity contribution in [1.82, 2.24) is 0 Å². The van der Waals surface area contributed by atoms with Gasteiger partial charge in [0.05, 0.1) is 6.10 Å². The summed E-state index contributed by atoms with van der Waals surface area (Å²) in [5.41, 5.74) is 1.01. The predicted octanol–water partition coefficient (Wildman–Crippen LogP) is 4.41. The van der Waals surface area contributed by atoms with Crippen LogP contribution < -0.4 is 0 Å². The van der Waals surface area contributed by atoms with Crippen molar-refractivity contribution in [3.05, 3.63) is 29.8 Å². The van der Waals surface area contributed by atoms with Gasteiger partial charge in [0.2, 0.25) is 0 Å². The number of thioether (sulfide) groups is 1. The van der Waals surface area contributed by atoms with E-state index in [1.165, 1.54) is 30.6 Å². The van der Waals surface area contributed by atoms with Crippen molar-refractivity contribution in [2.24, 2.45) is 5.92 Å². The Bertz CT molecular complexity index is 344. The Hall–Kier alpha value is -0.470. The van der Waals surface area contributed by atoms with Crippen LogP contribution in [0.4, 0.5) is 0 Å². The third-order valence-corrected chi connectivity index (χ3v) is 4.86. The van der Waals surface area contributed by atoms with Gasteiger partial charge in [0, 0.05) is 10.1 Å². The Balaban J connectivity index is 1.94. The van der Waals surface area contributed by atoms with Crippen molar-refractivity contribution >= 4 is 11.8 Å². The number of aliphatic hydroxyl groups excluding tert-OH is 1. The van der Waals surface area contributed by atoms with E-state index in [-0.39, 0.29) is 6.10 Å². The molecular formula is C15H22OS. The molecule has 1 saturated carbocycles. The molecule has 0 heterocycles. The molecule has 3 unspecified atom stereocenters. The SMILES string of the molecule is CC1CCCC(Sc2ccc(C(C)O)cc2)C1. The van der Waals surface area contributed by atoms with Crippen LogP contribution in [0.1, 0.15) is 51.2 Å². The zero-order chi connectivity index (χ0) is 12.3. The molecule has 2 heteroatoms. The summed E-state index contributed by atoms with van der Waals surface area (Å²) in [6, 6.07) is 8.37. The lowest BCUT2D eigenvalue weighted by atomic mass is 9.91. The maximum Gasteiger partial charge on any atom is 0.0761 e. The second-order valence-corrected chi connectivity index (χ2v) is 6.63. The van der Waals surface area contributed by atoms with Crippen LogP contribution >= 0.6 is 11.8 Å². The van der Waals surface area contributed by atoms with Crippen LogP contribution in [0.5, 0.6) is 0 Å². The zero-order valence-corrected chi connectivity index (χ0v) is 11.5. The second-order valence-electron chi connectivity index (χ2n) is 5.26. The molecule has 1 aromatic carbocycles. The number of benzene rings is 1. The highest BCUT2D eigenvalue weighted by molar-refractivity contribution is 8.00. The Labute approximate surface area is 109 Å². The molecule has 0 saturated heterocycles. The van der Waals surface area contributed by atoms with Crippen LogP contribution in [-0.2, 0) is 0 Å². The molecule has 1 aliphatic carbocycles. The van der Waals surface area contributed by atoms with E-state index >= 15 is 0 Å². The van der Waals surface area contributed by atoms with Crippen molar-refractivity contribution in [2.45, 2.75) is 55.8 Å². The van der Waals surface area contributed by atoms with Gasteiger partial charge in [-0.05, 0) is 43.4 Å². The molecule has 3 atom stereocenters. The summed E-state index contributed by atoms with van der Waals surface area (Å²) in [5.74, 6) is 0.887. The molecule has 0 aromatic heterocycles. The van der Waals surface area contributed by atoms with Crippen molar-refractivity contribution in [3.63, 3.8) is 0 Å². The van der Waals surface area contributed by atoms with Gasteiger partial charge >= 0.3 is 0 Å². The lowest BCUT2D eigenvalue weighted by molar-refractivity contribution is 0.199. The zero-order valence-electron chi connectivity index (χ0n) is 10.7. The van der Waals surface area contributed by atoms with Crippen LogP contribution in [0.3, 0.4) is 0 Å². The maximum absolute atomic E-state index is 9.46. The first-order valence-corrected chi connectivity index (χ1v) is 7.48. The van der Waals surface area contributed by atoms with E-state index in [1.54, 1.807) is 0 Å². The van der Waals surface area contributed by atoms with Crippen LogP contribution in [0.15, 0.2) is 29.2 Å². The minimum absolute atomic E-state index is 0.358. The van der Waals surface area contributed by atoms with Gasteiger partial charge in [-0.25, -0.2) is 0 Å². The number of aliphatic hydroxyl groups is 1. The van der Waals surface area contributed by atoms with Gasteiger partial charge in [0.25, 0.3) is 0 Å². The minimum Gasteiger partial charge on any atom is -0.389 e. The fourth-order valence-corrected chi connectivity index (χ4v) is 3.89. The molecule has 1 nitrogen and oxygen atoms in total. The van der Waals surface area contributed by atoms with Crippen LogP contribution in [-0.4, -0.2) is 10.4 Å². The van der Waals surface area contributed by atoms with Crippen molar-refractivity contribution in [2.75, 3.05) is 0 Å². The van der Waals surface area contributed by atoms with Gasteiger partial charge in [-0.1, -0.05) is 31.9 Å². The van der Waals surface area contributed by atoms with Crippen molar-refractivity contribution < 1.29 is 5.11 Å². The average Bonchev–Trinajstić information content (AvgIpc) is 2.29. The largest absolute Gasteiger partial charge is 0.389 e. The first kappa shape index (κ1) is 13.0. The van der Waals surface area contributed by atoms with Crippen molar-refractivity contribution in [3.8, 4) is 0 Å². The highest BCUT2D eigenvalue weighted by Crippen LogP contribution is 2.36. The molecule has 94 valence electrons. The van der Waals surface area contributed by atoms with Crippen LogP contribution in [0, 0.1) is 5.92 Å². The molecule has 0 radical (unpaired) electrons. The fraction of sp³-hybridized carbons (Fsp3) is 0.600. The predicted molar refractivity (Wildman–Crippen MR) is 74.4 cm³/mol. The molecule has 0 aliphatic heterocycles. The van der Waals surface area contributed by atoms with E-state index in [4.69, 9.17) is 0 Å². The Morgan fingerprint density at radius 1 is 1.24 bits per heavy atom. The summed E-state index contributed by atoms with van der Waals surface area (Å²) in [4.78, 5) is 1.34. The summed E-state index contributed by atoms with van der Waals surface area (Å²) in [5, 5.41) is 10.3. The van der Waals surface area contributed by atoms with Gasteiger partial charge < -0.3 is 5.11 Å². The number of hydrogen-bond donors (Lipinski definition) is 1. The molecule has 0 spiro atoms. The van der Waals surface area contributed by atoms with E-state index in [2.05, 4.69) is 19.1 Å². The monoisotopic (exact) mass is 250 g/mol. The van der Waals surface area contributed by atoms with Gasteiger partial charge in [-0.15, -0.1) is 11.8 Å². The molecule has 1 aliphatic rings. The number of rotatable bonds is 3. The maximum atomic E-state index is 9.46. The Morgan fingerprint density at radius 3 is 2.53 bits per heavy atom. The summed E-state index contributed by atoms with van der Waals surface area (Å²) >= 11 is 2.01. The van der Waals surface area contributed by atoms with E-state index in [9.17, 15) is 5.11 Å². The van der Waals surface area contributed by atoms with E-state index in [1.807, 2.05) is 30.8 Å². The Morgan fingerprint density at radius 2 is 1.94 bits per heavy atom. The van der Waals surface area contributed by atoms with Crippen LogP contribution in [0.2, 0.25) is 0 Å². The third-order valence-electron chi connectivity index (χ3n) is 3.55. The molecular weight excluding hydrogens is 228 g/mol. The van der Waals surface area contributed by atoms with Crippen molar-refractivity contribution in [1.29, 1.82) is 0 Å². The van der Waals surface area contributed by atoms with Crippen LogP contribution in [0.25, 0.3) is 0 Å². The van der Waals surface area contributed by atoms with E-state index in [0.29, 0.717) is 0 Å². The minimum atomic E-state index is -0.358. The standard InChI is InChI=1S/C15H22OS/c1-11-4-3-5-15(10-11)17-14-8-6-13(7-9-14)12(2)16/h6-9,11-12,15-16H,3-5,10H2,1-2H3. The quantitative estimate of drug-likeness (QED) is 0.857. The lowest BCUT2D eigenvalue weighted by Crippen LogP contribution is -2.14. The number of hydrogen-bond acceptors (Lipinski definition) is 2. The smallest absolute Gasteiger partial charge is 0.0761 e. The highest BCUT2D eigenvalue weighted by Gasteiger charge is 2.19. The average molecular weight is 250 g/mol. The summed E-state index contributed by atoms with van der Waals surface area (Å²) in [6.45, 7) is 4.17. The van der Waals surface area contributed by atoms with E-state index in [0.717, 1.165) is 16.7 Å². The summed E-state index contributed by atoms with van der Waals surface area (Å²) in [7, 11) is 0. The van der Waals surface area contributed by atoms with Gasteiger partial charge in [0.15, 0.2) is 0 Å². The molecule has 2 rings (SSSR count). The van der Waals surface area contributed by atoms with Gasteiger partial charge in [0.1, 0.15) is 0 Å². The van der Waals surface area contributed by atoms with Gasteiger partial charge in [-0.2, -0.15) is 0 Å². The lowest BCUT2D eigenvalue weighted by Gasteiger charge is -2.26. The molecule has 1 aromatic rings. The fourth-order valence-electron chi connectivity index (χ4n) is 2.50. The highest BCUT2D eigenvalue weighted by atomic mass is 32.2. The molecule has 0 bridgehead atoms. The molecule has 1 N–H and O–H groups in total. The summed E-state index contributed by atoms with van der Waals surface area (Å²) < 4.78 is 0. The van der Waals surface area contributed by atoms with Gasteiger partial charge in [-0.3, -0.25) is 0 Å². The second kappa shape index (κ2) is 5.92. The Kier molecular flexibility index (Phi) is 4.52. The van der Waals surface area contributed by atoms with E-state index < -0.39 is 0 Å². The first-order chi connectivity index (χ1) is 8.15. The topological polar surface area (TPSA) is 20.2 Å². The first-order valence-electron chi connectivity index (χ1n) is 6.60. The third kappa shape index (κ3) is 3.75.